The summed E-state index contributed by atoms with van der Waals surface area (Å²) in [4.78, 5) is 12.2. The molecule has 0 spiro atoms. The lowest BCUT2D eigenvalue weighted by Crippen LogP contribution is -1.98. The number of halogens is 2. The molecule has 5 nitrogen and oxygen atoms in total. The molecule has 0 saturated carbocycles. The molecule has 7 heteroatoms. The smallest absolute Gasteiger partial charge is 0.372 e. The van der Waals surface area contributed by atoms with Gasteiger partial charge in [0.15, 0.2) is 11.9 Å². The summed E-state index contributed by atoms with van der Waals surface area (Å²) in [7, 11) is 0. The van der Waals surface area contributed by atoms with Crippen molar-refractivity contribution in [3.05, 3.63) is 27.9 Å². The van der Waals surface area contributed by atoms with E-state index >= 15 is 0 Å². The lowest BCUT2D eigenvalue weighted by atomic mass is 10.2. The van der Waals surface area contributed by atoms with E-state index in [9.17, 15) is 18.9 Å². The van der Waals surface area contributed by atoms with Crippen LogP contribution >= 0.6 is 0 Å². The summed E-state index contributed by atoms with van der Waals surface area (Å²) in [5.74, 6) is -1.46. The van der Waals surface area contributed by atoms with E-state index in [2.05, 4.69) is 4.98 Å². The lowest BCUT2D eigenvalue weighted by molar-refractivity contribution is -0.391. The molecule has 0 bridgehead atoms. The second-order valence-corrected chi connectivity index (χ2v) is 2.16. The average Bonchev–Trinajstić information content (AvgIpc) is 2.03. The van der Waals surface area contributed by atoms with Gasteiger partial charge >= 0.3 is 5.82 Å². The molecule has 0 amide bonds. The summed E-state index contributed by atoms with van der Waals surface area (Å²) in [6, 6.07) is 0.621. The predicted molar refractivity (Wildman–Crippen MR) is 37.5 cm³/mol. The Bertz CT molecular complexity index is 343. The van der Waals surface area contributed by atoms with Gasteiger partial charge in [-0.15, -0.1) is 0 Å². The second-order valence-electron chi connectivity index (χ2n) is 2.16. The van der Waals surface area contributed by atoms with Crippen molar-refractivity contribution in [2.45, 2.75) is 6.43 Å². The highest BCUT2D eigenvalue weighted by atomic mass is 19.3. The molecule has 0 atom stereocenters. The highest BCUT2D eigenvalue weighted by molar-refractivity contribution is 5.37. The van der Waals surface area contributed by atoms with Gasteiger partial charge in [-0.3, -0.25) is 0 Å². The highest BCUT2D eigenvalue weighted by Crippen LogP contribution is 2.29. The minimum atomic E-state index is -3.03. The van der Waals surface area contributed by atoms with Crippen LogP contribution < -0.4 is 0 Å². The number of alkyl halides is 2. The van der Waals surface area contributed by atoms with Crippen molar-refractivity contribution in [3.8, 4) is 5.75 Å². The normalized spacial score (nSPS) is 10.4. The fraction of sp³-hybridized carbons (Fsp3) is 0.167. The van der Waals surface area contributed by atoms with Crippen LogP contribution in [-0.4, -0.2) is 15.0 Å². The largest absolute Gasteiger partial charge is 0.504 e. The monoisotopic (exact) mass is 190 g/mol. The molecule has 0 unspecified atom stereocenters. The first-order chi connectivity index (χ1) is 6.02. The number of aromatic hydroxyl groups is 1. The van der Waals surface area contributed by atoms with Gasteiger partial charge in [-0.25, -0.2) is 8.78 Å². The van der Waals surface area contributed by atoms with Crippen molar-refractivity contribution in [2.75, 3.05) is 0 Å². The number of pyridine rings is 1. The topological polar surface area (TPSA) is 76.3 Å². The second kappa shape index (κ2) is 3.30. The zero-order valence-corrected chi connectivity index (χ0v) is 6.15. The quantitative estimate of drug-likeness (QED) is 0.567. The van der Waals surface area contributed by atoms with E-state index in [1.165, 1.54) is 0 Å². The molecule has 1 aromatic heterocycles. The van der Waals surface area contributed by atoms with Crippen LogP contribution in [0.25, 0.3) is 0 Å². The Morgan fingerprint density at radius 1 is 1.62 bits per heavy atom. The number of nitro groups is 1. The Kier molecular flexibility index (Phi) is 2.36. The molecule has 0 fully saturated rings. The van der Waals surface area contributed by atoms with Crippen LogP contribution in [0.5, 0.6) is 5.75 Å². The molecule has 0 aliphatic heterocycles. The number of hydrogen-bond donors (Lipinski definition) is 1. The summed E-state index contributed by atoms with van der Waals surface area (Å²) < 4.78 is 24.2. The molecule has 1 rings (SSSR count). The van der Waals surface area contributed by atoms with Gasteiger partial charge in [0.25, 0.3) is 6.43 Å². The molecule has 0 saturated heterocycles. The van der Waals surface area contributed by atoms with Gasteiger partial charge in [0.1, 0.15) is 5.56 Å². The number of rotatable bonds is 2. The van der Waals surface area contributed by atoms with E-state index < -0.39 is 28.5 Å². The highest BCUT2D eigenvalue weighted by Gasteiger charge is 2.23. The van der Waals surface area contributed by atoms with Gasteiger partial charge in [0.2, 0.25) is 0 Å². The molecule has 1 aromatic rings. The lowest BCUT2D eigenvalue weighted by Gasteiger charge is -2.00. The Labute approximate surface area is 70.8 Å². The summed E-state index contributed by atoms with van der Waals surface area (Å²) in [5.41, 5.74) is -0.884. The minimum absolute atomic E-state index is 0.527. The molecule has 0 aromatic carbocycles. The third kappa shape index (κ3) is 1.86. The zero-order chi connectivity index (χ0) is 10.0. The van der Waals surface area contributed by atoms with Crippen molar-refractivity contribution < 1.29 is 18.8 Å². The standard InChI is InChI=1S/C6H4F2N2O3/c7-5(8)4-1-3(11)2-9-6(4)10(12)13/h1-2,5,11H. The van der Waals surface area contributed by atoms with E-state index in [1.54, 1.807) is 0 Å². The third-order valence-corrected chi connectivity index (χ3v) is 1.29. The molecule has 0 aliphatic rings. The van der Waals surface area contributed by atoms with Crippen LogP contribution in [0.2, 0.25) is 0 Å². The Balaban J connectivity index is 3.26. The van der Waals surface area contributed by atoms with Gasteiger partial charge in [0.05, 0.1) is 0 Å². The summed E-state index contributed by atoms with van der Waals surface area (Å²) in [5, 5.41) is 18.9. The van der Waals surface area contributed by atoms with Gasteiger partial charge in [0, 0.05) is 6.07 Å². The SMILES string of the molecule is O=[N+]([O-])c1ncc(O)cc1C(F)F. The maximum atomic E-state index is 12.1. The fourth-order valence-electron chi connectivity index (χ4n) is 0.776. The van der Waals surface area contributed by atoms with Crippen LogP contribution in [0.15, 0.2) is 12.3 Å². The average molecular weight is 190 g/mol. The van der Waals surface area contributed by atoms with Crippen molar-refractivity contribution in [3.63, 3.8) is 0 Å². The molecular weight excluding hydrogens is 186 g/mol. The fourth-order valence-corrected chi connectivity index (χ4v) is 0.776. The van der Waals surface area contributed by atoms with Crippen molar-refractivity contribution in [1.82, 2.24) is 4.98 Å². The molecule has 1 N–H and O–H groups in total. The first-order valence-electron chi connectivity index (χ1n) is 3.14. The van der Waals surface area contributed by atoms with E-state index in [1.807, 2.05) is 0 Å². The summed E-state index contributed by atoms with van der Waals surface area (Å²) in [6.45, 7) is 0. The van der Waals surface area contributed by atoms with Gasteiger partial charge in [-0.1, -0.05) is 0 Å². The van der Waals surface area contributed by atoms with Gasteiger partial charge in [-0.05, 0) is 9.91 Å². The van der Waals surface area contributed by atoms with E-state index in [4.69, 9.17) is 5.11 Å². The maximum absolute atomic E-state index is 12.1. The van der Waals surface area contributed by atoms with Crippen molar-refractivity contribution >= 4 is 5.82 Å². The Morgan fingerprint density at radius 2 is 2.23 bits per heavy atom. The molecule has 1 heterocycles. The molecule has 0 radical (unpaired) electrons. The van der Waals surface area contributed by atoms with E-state index in [-0.39, 0.29) is 0 Å². The minimum Gasteiger partial charge on any atom is -0.504 e. The predicted octanol–water partition coefficient (Wildman–Crippen LogP) is 1.63. The Hall–Kier alpha value is -1.79. The Morgan fingerprint density at radius 3 is 2.69 bits per heavy atom. The molecule has 0 aliphatic carbocycles. The van der Waals surface area contributed by atoms with Crippen LogP contribution in [0.3, 0.4) is 0 Å². The van der Waals surface area contributed by atoms with Crippen LogP contribution in [0, 0.1) is 10.1 Å². The van der Waals surface area contributed by atoms with Gasteiger partial charge in [-0.2, -0.15) is 0 Å². The van der Waals surface area contributed by atoms with E-state index in [0.717, 1.165) is 6.20 Å². The summed E-state index contributed by atoms with van der Waals surface area (Å²) >= 11 is 0. The first-order valence-corrected chi connectivity index (χ1v) is 3.14. The van der Waals surface area contributed by atoms with Crippen molar-refractivity contribution in [2.24, 2.45) is 0 Å². The number of hydrogen-bond acceptors (Lipinski definition) is 4. The number of nitrogens with zero attached hydrogens (tertiary/aromatic N) is 2. The molecule has 13 heavy (non-hydrogen) atoms. The maximum Gasteiger partial charge on any atom is 0.372 e. The number of aromatic nitrogens is 1. The van der Waals surface area contributed by atoms with Crippen molar-refractivity contribution in [1.29, 1.82) is 0 Å². The first kappa shape index (κ1) is 9.30. The van der Waals surface area contributed by atoms with Crippen LogP contribution in [0.4, 0.5) is 14.6 Å². The summed E-state index contributed by atoms with van der Waals surface area (Å²) in [6.07, 6.45) is -2.29. The van der Waals surface area contributed by atoms with Gasteiger partial charge < -0.3 is 15.2 Å². The third-order valence-electron chi connectivity index (χ3n) is 1.29. The van der Waals surface area contributed by atoms with E-state index in [0.29, 0.717) is 6.07 Å². The van der Waals surface area contributed by atoms with Crippen LogP contribution in [0.1, 0.15) is 12.0 Å². The molecular formula is C6H4F2N2O3. The van der Waals surface area contributed by atoms with Crippen LogP contribution in [-0.2, 0) is 0 Å². The zero-order valence-electron chi connectivity index (χ0n) is 6.15. The molecule has 70 valence electrons.